The van der Waals surface area contributed by atoms with Gasteiger partial charge in [-0.15, -0.1) is 70.6 Å². The van der Waals surface area contributed by atoms with Gasteiger partial charge in [-0.3, -0.25) is 0 Å². The highest BCUT2D eigenvalue weighted by Gasteiger charge is 2.32. The van der Waals surface area contributed by atoms with Gasteiger partial charge >= 0.3 is 17.9 Å². The first-order valence-corrected chi connectivity index (χ1v) is 20.4. The molecule has 3 unspecified atom stereocenters. The Morgan fingerprint density at radius 1 is 1.00 bits per heavy atom. The molecular weight excluding hydrogens is 681 g/mol. The van der Waals surface area contributed by atoms with Gasteiger partial charge in [-0.05, 0) is 55.9 Å². The minimum absolute atomic E-state index is 0.0648. The van der Waals surface area contributed by atoms with Crippen LogP contribution in [0.4, 0.5) is 0 Å². The molecule has 3 rings (SSSR count). The van der Waals surface area contributed by atoms with Crippen molar-refractivity contribution in [2.75, 3.05) is 41.1 Å². The quantitative estimate of drug-likeness (QED) is 0.0344. The largest absolute Gasteiger partial charge is 0.457 e. The van der Waals surface area contributed by atoms with Crippen LogP contribution in [0.3, 0.4) is 0 Å². The van der Waals surface area contributed by atoms with Crippen molar-refractivity contribution in [3.8, 4) is 0 Å². The fourth-order valence-corrected chi connectivity index (χ4v) is 12.3. The van der Waals surface area contributed by atoms with Crippen molar-refractivity contribution in [2.45, 2.75) is 58.9 Å². The van der Waals surface area contributed by atoms with Crippen molar-refractivity contribution >= 4 is 88.5 Å². The topological polar surface area (TPSA) is 97.4 Å². The van der Waals surface area contributed by atoms with Crippen LogP contribution in [0.25, 0.3) is 0 Å². The van der Waals surface area contributed by atoms with E-state index in [4.69, 9.17) is 24.0 Å². The van der Waals surface area contributed by atoms with Crippen molar-refractivity contribution in [3.05, 3.63) is 60.7 Å². The second-order valence-corrected chi connectivity index (χ2v) is 18.4. The van der Waals surface area contributed by atoms with Crippen molar-refractivity contribution < 1.29 is 38.4 Å². The van der Waals surface area contributed by atoms with Crippen LogP contribution < -0.4 is 0 Å². The van der Waals surface area contributed by atoms with Gasteiger partial charge in [-0.2, -0.15) is 0 Å². The predicted molar refractivity (Wildman–Crippen MR) is 188 cm³/mol. The lowest BCUT2D eigenvalue weighted by Crippen LogP contribution is -2.34. The molecule has 2 aliphatic heterocycles. The summed E-state index contributed by atoms with van der Waals surface area (Å²) in [6.45, 7) is 10.4. The molecule has 2 aliphatic rings. The Balaban J connectivity index is 1.48. The van der Waals surface area contributed by atoms with E-state index in [1.165, 1.54) is 35.0 Å². The smallest absolute Gasteiger partial charge is 0.338 e. The van der Waals surface area contributed by atoms with Gasteiger partial charge in [0.05, 0.1) is 14.7 Å². The standard InChI is InChI=1S/C30H40O8S6/c1-5-24(31)36-29(43-12-10-26-39-14-15-40-26)21(3)38-35-19-22-8-7-9-23(18-22)28(33)34-20-30(4,37-25(32)6-2)44-13-11-27-41-16-17-42-27/h5-9,18,21,26-27,29H,1-2,10-17,19-20H2,3-4H3. The van der Waals surface area contributed by atoms with Crippen molar-refractivity contribution in [2.24, 2.45) is 0 Å². The number of hydrogen-bond donors (Lipinski definition) is 0. The zero-order chi connectivity index (χ0) is 31.8. The highest BCUT2D eigenvalue weighted by molar-refractivity contribution is 8.20. The SMILES string of the molecule is C=CC(=O)OC(SCCC1SCCS1)C(C)OOCc1cccc(C(=O)OCC(C)(OC(=O)C=C)SCCC2SCCS2)c1. The molecule has 0 saturated carbocycles. The van der Waals surface area contributed by atoms with E-state index in [2.05, 4.69) is 13.2 Å². The molecule has 0 amide bonds. The highest BCUT2D eigenvalue weighted by atomic mass is 32.2. The number of hydrogen-bond acceptors (Lipinski definition) is 14. The van der Waals surface area contributed by atoms with Crippen LogP contribution >= 0.6 is 70.6 Å². The zero-order valence-electron chi connectivity index (χ0n) is 25.0. The van der Waals surface area contributed by atoms with Crippen LogP contribution in [0.1, 0.15) is 42.6 Å². The average Bonchev–Trinajstić information content (AvgIpc) is 3.74. The number of carbonyl (C=O) groups is 3. The van der Waals surface area contributed by atoms with E-state index in [-0.39, 0.29) is 13.2 Å². The molecule has 1 aromatic rings. The lowest BCUT2D eigenvalue weighted by Gasteiger charge is -2.28. The summed E-state index contributed by atoms with van der Waals surface area (Å²) in [5.74, 6) is 4.60. The maximum Gasteiger partial charge on any atom is 0.338 e. The fraction of sp³-hybridized carbons (Fsp3) is 0.567. The Morgan fingerprint density at radius 2 is 1.64 bits per heavy atom. The second kappa shape index (κ2) is 20.4. The third-order valence-electron chi connectivity index (χ3n) is 6.12. The van der Waals surface area contributed by atoms with Gasteiger partial charge in [-0.1, -0.05) is 25.3 Å². The summed E-state index contributed by atoms with van der Waals surface area (Å²) in [6.07, 6.45) is 3.67. The Kier molecular flexibility index (Phi) is 17.4. The maximum atomic E-state index is 12.9. The molecule has 0 aromatic heterocycles. The van der Waals surface area contributed by atoms with E-state index in [0.717, 1.165) is 48.0 Å². The number of benzene rings is 1. The Morgan fingerprint density at radius 3 is 2.27 bits per heavy atom. The molecule has 0 bridgehead atoms. The monoisotopic (exact) mass is 720 g/mol. The summed E-state index contributed by atoms with van der Waals surface area (Å²) in [7, 11) is 0. The first kappa shape index (κ1) is 37.6. The first-order valence-electron chi connectivity index (χ1n) is 14.2. The van der Waals surface area contributed by atoms with Crippen molar-refractivity contribution in [3.63, 3.8) is 0 Å². The highest BCUT2D eigenvalue weighted by Crippen LogP contribution is 2.38. The third kappa shape index (κ3) is 13.9. The molecule has 0 spiro atoms. The van der Waals surface area contributed by atoms with E-state index in [0.29, 0.717) is 20.3 Å². The lowest BCUT2D eigenvalue weighted by atomic mass is 10.1. The maximum absolute atomic E-state index is 12.9. The molecule has 2 saturated heterocycles. The minimum atomic E-state index is -1.04. The molecule has 0 radical (unpaired) electrons. The predicted octanol–water partition coefficient (Wildman–Crippen LogP) is 7.04. The molecule has 0 aliphatic carbocycles. The summed E-state index contributed by atoms with van der Waals surface area (Å²) in [5.41, 5.74) is 0.462. The van der Waals surface area contributed by atoms with Gasteiger partial charge in [0, 0.05) is 35.2 Å². The summed E-state index contributed by atoms with van der Waals surface area (Å²) in [4.78, 5) is 46.9. The Hall–Kier alpha value is -0.870. The van der Waals surface area contributed by atoms with Crippen LogP contribution in [0.5, 0.6) is 0 Å². The third-order valence-corrected chi connectivity index (χ3v) is 15.0. The molecule has 14 heteroatoms. The number of ether oxygens (including phenoxy) is 3. The van der Waals surface area contributed by atoms with E-state index >= 15 is 0 Å². The Labute approximate surface area is 286 Å². The summed E-state index contributed by atoms with van der Waals surface area (Å²) in [6, 6.07) is 6.83. The second-order valence-electron chi connectivity index (χ2n) is 9.75. The molecule has 244 valence electrons. The zero-order valence-corrected chi connectivity index (χ0v) is 29.9. The molecule has 2 fully saturated rings. The number of esters is 3. The van der Waals surface area contributed by atoms with Gasteiger partial charge in [0.15, 0.2) is 10.4 Å². The number of carbonyl (C=O) groups excluding carboxylic acids is 3. The average molecular weight is 721 g/mol. The molecule has 2 heterocycles. The molecular formula is C30H40O8S6. The number of rotatable bonds is 20. The summed E-state index contributed by atoms with van der Waals surface area (Å²) < 4.78 is 17.8. The molecule has 0 N–H and O–H groups in total. The molecule has 44 heavy (non-hydrogen) atoms. The van der Waals surface area contributed by atoms with Gasteiger partial charge in [0.1, 0.15) is 19.3 Å². The van der Waals surface area contributed by atoms with Crippen LogP contribution in [-0.4, -0.2) is 84.7 Å². The lowest BCUT2D eigenvalue weighted by molar-refractivity contribution is -0.336. The van der Waals surface area contributed by atoms with Gasteiger partial charge in [0.2, 0.25) is 0 Å². The molecule has 1 aromatic carbocycles. The van der Waals surface area contributed by atoms with Gasteiger partial charge < -0.3 is 14.2 Å². The first-order chi connectivity index (χ1) is 21.2. The van der Waals surface area contributed by atoms with Crippen LogP contribution in [-0.2, 0) is 40.2 Å². The minimum Gasteiger partial charge on any atom is -0.457 e. The van der Waals surface area contributed by atoms with Crippen LogP contribution in [0, 0.1) is 0 Å². The van der Waals surface area contributed by atoms with Crippen molar-refractivity contribution in [1.82, 2.24) is 0 Å². The van der Waals surface area contributed by atoms with E-state index < -0.39 is 34.4 Å². The Bertz CT molecular complexity index is 1100. The molecule has 8 nitrogen and oxygen atoms in total. The van der Waals surface area contributed by atoms with Crippen LogP contribution in [0.15, 0.2) is 49.6 Å². The van der Waals surface area contributed by atoms with Crippen molar-refractivity contribution in [1.29, 1.82) is 0 Å². The van der Waals surface area contributed by atoms with E-state index in [1.54, 1.807) is 38.1 Å². The van der Waals surface area contributed by atoms with Crippen LogP contribution in [0.2, 0.25) is 0 Å². The van der Waals surface area contributed by atoms with Gasteiger partial charge in [0.25, 0.3) is 0 Å². The molecule has 3 atom stereocenters. The van der Waals surface area contributed by atoms with E-state index in [1.807, 2.05) is 47.0 Å². The van der Waals surface area contributed by atoms with Gasteiger partial charge in [-0.25, -0.2) is 24.2 Å². The summed E-state index contributed by atoms with van der Waals surface area (Å²) >= 11 is 10.8. The number of thioether (sulfide) groups is 6. The summed E-state index contributed by atoms with van der Waals surface area (Å²) in [5, 5.41) is 0. The normalized spacial score (nSPS) is 18.2. The fourth-order valence-electron chi connectivity index (χ4n) is 3.91. The van der Waals surface area contributed by atoms with E-state index in [9.17, 15) is 14.4 Å².